The molecule has 2 amide bonds. The smallest absolute Gasteiger partial charge is 0.222 e. The van der Waals surface area contributed by atoms with E-state index in [0.29, 0.717) is 30.4 Å². The molecule has 0 aliphatic heterocycles. The molecule has 392 valence electrons. The summed E-state index contributed by atoms with van der Waals surface area (Å²) in [5, 5.41) is 9.87. The number of hydrogen-bond acceptors (Lipinski definition) is 4. The lowest BCUT2D eigenvalue weighted by Crippen LogP contribution is -2.32. The largest absolute Gasteiger partial charge is 0.396 e. The molecule has 66 heavy (non-hydrogen) atoms. The Bertz CT molecular complexity index is 913. The lowest BCUT2D eigenvalue weighted by molar-refractivity contribution is -0.132. The summed E-state index contributed by atoms with van der Waals surface area (Å²) in [5.41, 5.74) is 0. The van der Waals surface area contributed by atoms with Crippen LogP contribution in [-0.2, 0) is 9.59 Å². The molecule has 0 heterocycles. The van der Waals surface area contributed by atoms with Gasteiger partial charge < -0.3 is 19.8 Å². The molecule has 1 N–H and O–H groups in total. The summed E-state index contributed by atoms with van der Waals surface area (Å²) >= 11 is 0. The van der Waals surface area contributed by atoms with Crippen LogP contribution < -0.4 is 0 Å². The van der Waals surface area contributed by atoms with Gasteiger partial charge in [0.25, 0.3) is 0 Å². The van der Waals surface area contributed by atoms with Crippen molar-refractivity contribution in [3.8, 4) is 0 Å². The number of carbonyl (C=O) groups is 2. The van der Waals surface area contributed by atoms with E-state index in [1.165, 1.54) is 244 Å². The van der Waals surface area contributed by atoms with Crippen LogP contribution in [0.4, 0.5) is 0 Å². The first-order valence-corrected chi connectivity index (χ1v) is 30.4. The van der Waals surface area contributed by atoms with Crippen LogP contribution in [0.2, 0.25) is 0 Å². The average molecular weight is 931 g/mol. The third-order valence-electron chi connectivity index (χ3n) is 15.1. The van der Waals surface area contributed by atoms with Gasteiger partial charge in [-0.05, 0) is 76.8 Å². The summed E-state index contributed by atoms with van der Waals surface area (Å²) in [4.78, 5) is 34.0. The van der Waals surface area contributed by atoms with Crippen molar-refractivity contribution in [1.82, 2.24) is 14.7 Å². The highest BCUT2D eigenvalue weighted by Crippen LogP contribution is 2.35. The van der Waals surface area contributed by atoms with Crippen LogP contribution in [0.5, 0.6) is 0 Å². The van der Waals surface area contributed by atoms with Gasteiger partial charge in [-0.3, -0.25) is 9.59 Å². The van der Waals surface area contributed by atoms with E-state index in [1.54, 1.807) is 0 Å². The number of aliphatic hydroxyl groups excluding tert-OH is 1. The van der Waals surface area contributed by atoms with Crippen LogP contribution in [0.1, 0.15) is 317 Å². The summed E-state index contributed by atoms with van der Waals surface area (Å²) in [6, 6.07) is 0.575. The van der Waals surface area contributed by atoms with Crippen molar-refractivity contribution >= 4 is 11.8 Å². The Morgan fingerprint density at radius 2 is 0.561 bits per heavy atom. The molecule has 0 unspecified atom stereocenters. The Morgan fingerprint density at radius 3 is 0.803 bits per heavy atom. The lowest BCUT2D eigenvalue weighted by atomic mass is 10.1. The van der Waals surface area contributed by atoms with Gasteiger partial charge in [0, 0.05) is 51.7 Å². The van der Waals surface area contributed by atoms with Gasteiger partial charge in [0.15, 0.2) is 0 Å². The second-order valence-electron chi connectivity index (χ2n) is 21.5. The molecular weight excluding hydrogens is 811 g/mol. The second-order valence-corrected chi connectivity index (χ2v) is 21.5. The Balaban J connectivity index is 2.36. The van der Waals surface area contributed by atoms with E-state index in [9.17, 15) is 14.7 Å². The predicted molar refractivity (Wildman–Crippen MR) is 290 cm³/mol. The highest BCUT2D eigenvalue weighted by molar-refractivity contribution is 5.76. The zero-order valence-electron chi connectivity index (χ0n) is 45.5. The average Bonchev–Trinajstić information content (AvgIpc) is 4.12. The van der Waals surface area contributed by atoms with Crippen molar-refractivity contribution in [3.63, 3.8) is 0 Å². The first-order valence-electron chi connectivity index (χ1n) is 30.4. The highest BCUT2D eigenvalue weighted by atomic mass is 16.3. The molecule has 0 spiro atoms. The summed E-state index contributed by atoms with van der Waals surface area (Å²) in [6.45, 7) is 15.6. The lowest BCUT2D eigenvalue weighted by Gasteiger charge is -2.23. The van der Waals surface area contributed by atoms with E-state index in [2.05, 4.69) is 42.4 Å². The zero-order valence-corrected chi connectivity index (χ0v) is 45.5. The van der Waals surface area contributed by atoms with Crippen LogP contribution in [0, 0.1) is 5.92 Å². The molecule has 1 fully saturated rings. The molecule has 0 radical (unpaired) electrons. The van der Waals surface area contributed by atoms with Crippen molar-refractivity contribution in [2.75, 3.05) is 45.9 Å². The third kappa shape index (κ3) is 38.7. The van der Waals surface area contributed by atoms with Crippen LogP contribution in [-0.4, -0.2) is 83.5 Å². The Hall–Kier alpha value is -1.14. The normalized spacial score (nSPS) is 14.7. The Morgan fingerprint density at radius 1 is 0.333 bits per heavy atom. The standard InChI is InChI=1S/C60H119N3O3/c1-5-9-13-17-21-25-33-43-51-62(52-44-34-26-22-18-14-10-6-2)59(65)47-39-31-29-37-41-49-61(58-55-57(58)56-64)50-42-38-30-32-40-48-60(66)63(53-45-35-27-23-19-15-11-7-3)54-46-36-28-24-20-16-12-8-4/h57-58,64H,5-56H2,1-4H3/t57-,58+/m0/s1. The quantitative estimate of drug-likeness (QED) is 0.0617. The minimum Gasteiger partial charge on any atom is -0.396 e. The van der Waals surface area contributed by atoms with E-state index in [1.807, 2.05) is 0 Å². The van der Waals surface area contributed by atoms with E-state index >= 15 is 0 Å². The number of carbonyl (C=O) groups excluding carboxylic acids is 2. The van der Waals surface area contributed by atoms with Crippen LogP contribution >= 0.6 is 0 Å². The molecule has 6 heteroatoms. The monoisotopic (exact) mass is 930 g/mol. The van der Waals surface area contributed by atoms with Crippen molar-refractivity contribution in [2.45, 2.75) is 323 Å². The number of rotatable bonds is 54. The van der Waals surface area contributed by atoms with E-state index in [0.717, 1.165) is 84.2 Å². The van der Waals surface area contributed by atoms with Gasteiger partial charge >= 0.3 is 0 Å². The first-order chi connectivity index (χ1) is 32.5. The summed E-state index contributed by atoms with van der Waals surface area (Å²) in [5.74, 6) is 1.29. The minimum absolute atomic E-state index is 0.327. The van der Waals surface area contributed by atoms with Crippen LogP contribution in [0.25, 0.3) is 0 Å². The first kappa shape index (κ1) is 62.9. The Labute approximate surface area is 414 Å². The van der Waals surface area contributed by atoms with Gasteiger partial charge in [0.1, 0.15) is 0 Å². The molecule has 1 rings (SSSR count). The minimum atomic E-state index is 0.327. The molecule has 0 aromatic rings. The maximum atomic E-state index is 13.4. The second kappa shape index (κ2) is 48.9. The molecular formula is C60H119N3O3. The van der Waals surface area contributed by atoms with Crippen molar-refractivity contribution in [3.05, 3.63) is 0 Å². The van der Waals surface area contributed by atoms with Crippen LogP contribution in [0.15, 0.2) is 0 Å². The third-order valence-corrected chi connectivity index (χ3v) is 15.1. The van der Waals surface area contributed by atoms with Gasteiger partial charge in [0.2, 0.25) is 11.8 Å². The predicted octanol–water partition coefficient (Wildman–Crippen LogP) is 17.6. The fourth-order valence-corrected chi connectivity index (χ4v) is 10.3. The summed E-state index contributed by atoms with van der Waals surface area (Å²) in [6.07, 6.45) is 56.6. The fraction of sp³-hybridized carbons (Fsp3) is 0.967. The van der Waals surface area contributed by atoms with Gasteiger partial charge in [-0.25, -0.2) is 0 Å². The number of aliphatic hydroxyl groups is 1. The van der Waals surface area contributed by atoms with E-state index in [4.69, 9.17) is 0 Å². The zero-order chi connectivity index (χ0) is 47.8. The van der Waals surface area contributed by atoms with Crippen LogP contribution in [0.3, 0.4) is 0 Å². The number of nitrogens with zero attached hydrogens (tertiary/aromatic N) is 3. The molecule has 1 aliphatic rings. The molecule has 0 aromatic carbocycles. The topological polar surface area (TPSA) is 64.1 Å². The summed E-state index contributed by atoms with van der Waals surface area (Å²) < 4.78 is 0. The van der Waals surface area contributed by atoms with Crippen molar-refractivity contribution < 1.29 is 14.7 Å². The molecule has 6 nitrogen and oxygen atoms in total. The number of unbranched alkanes of at least 4 members (excludes halogenated alkanes) is 36. The van der Waals surface area contributed by atoms with Gasteiger partial charge in [-0.15, -0.1) is 0 Å². The van der Waals surface area contributed by atoms with Gasteiger partial charge in [0.05, 0.1) is 0 Å². The van der Waals surface area contributed by atoms with Gasteiger partial charge in [-0.1, -0.05) is 246 Å². The molecule has 2 atom stereocenters. The molecule has 1 aliphatic carbocycles. The molecule has 0 bridgehead atoms. The summed E-state index contributed by atoms with van der Waals surface area (Å²) in [7, 11) is 0. The van der Waals surface area contributed by atoms with Crippen molar-refractivity contribution in [2.24, 2.45) is 5.92 Å². The number of hydrogen-bond donors (Lipinski definition) is 1. The SMILES string of the molecule is CCCCCCCCCCN(CCCCCCCCCC)C(=O)CCCCCCCN(CCCCCCCC(=O)N(CCCCCCCCCC)CCCCCCCCCC)[C@@H]1C[C@H]1CO. The molecule has 1 saturated carbocycles. The van der Waals surface area contributed by atoms with Gasteiger partial charge in [-0.2, -0.15) is 0 Å². The highest BCUT2D eigenvalue weighted by Gasteiger charge is 2.40. The van der Waals surface area contributed by atoms with E-state index < -0.39 is 0 Å². The molecule has 0 saturated heterocycles. The van der Waals surface area contributed by atoms with E-state index in [-0.39, 0.29) is 0 Å². The molecule has 0 aromatic heterocycles. The maximum absolute atomic E-state index is 13.4. The number of amides is 2. The fourth-order valence-electron chi connectivity index (χ4n) is 10.3. The maximum Gasteiger partial charge on any atom is 0.222 e. The van der Waals surface area contributed by atoms with Crippen molar-refractivity contribution in [1.29, 1.82) is 0 Å². The Kier molecular flexibility index (Phi) is 46.6.